The highest BCUT2D eigenvalue weighted by atomic mass is 35.5. The average molecular weight is 258 g/mol. The van der Waals surface area contributed by atoms with Crippen LogP contribution in [0.2, 0.25) is 0 Å². The highest BCUT2D eigenvalue weighted by Gasteiger charge is 2.16. The Morgan fingerprint density at radius 2 is 1.87 bits per heavy atom. The average Bonchev–Trinajstić information content (AvgIpc) is 2.21. The lowest BCUT2D eigenvalue weighted by Crippen LogP contribution is -2.30. The van der Waals surface area contributed by atoms with Gasteiger partial charge >= 0.3 is 0 Å². The monoisotopic (exact) mass is 257 g/mol. The summed E-state index contributed by atoms with van der Waals surface area (Å²) in [5.74, 6) is 0.491. The second-order valence-corrected chi connectivity index (χ2v) is 6.04. The predicted octanol–water partition coefficient (Wildman–Crippen LogP) is 1.04. The van der Waals surface area contributed by atoms with E-state index in [1.54, 1.807) is 7.05 Å². The number of aliphatic hydroxyl groups is 1. The third kappa shape index (κ3) is 7.11. The Labute approximate surface area is 97.3 Å². The van der Waals surface area contributed by atoms with E-state index in [9.17, 15) is 8.42 Å². The van der Waals surface area contributed by atoms with Gasteiger partial charge in [0.1, 0.15) is 0 Å². The molecule has 0 aliphatic rings. The molecule has 0 radical (unpaired) electrons. The van der Waals surface area contributed by atoms with Crippen LogP contribution in [0, 0.1) is 0 Å². The Kier molecular flexibility index (Phi) is 8.42. The van der Waals surface area contributed by atoms with Crippen molar-refractivity contribution in [1.29, 1.82) is 0 Å². The van der Waals surface area contributed by atoms with E-state index in [1.165, 1.54) is 4.31 Å². The summed E-state index contributed by atoms with van der Waals surface area (Å²) in [6, 6.07) is 0. The third-order valence-electron chi connectivity index (χ3n) is 2.14. The molecule has 0 bridgehead atoms. The van der Waals surface area contributed by atoms with E-state index in [4.69, 9.17) is 16.7 Å². The third-order valence-corrected chi connectivity index (χ3v) is 4.35. The summed E-state index contributed by atoms with van der Waals surface area (Å²) >= 11 is 5.45. The van der Waals surface area contributed by atoms with Crippen LogP contribution in [0.25, 0.3) is 0 Å². The molecule has 1 N–H and O–H groups in total. The maximum atomic E-state index is 11.6. The van der Waals surface area contributed by atoms with Crippen molar-refractivity contribution in [2.75, 3.05) is 31.8 Å². The number of nitrogens with zero attached hydrogens (tertiary/aromatic N) is 1. The summed E-state index contributed by atoms with van der Waals surface area (Å²) in [5, 5.41) is 8.56. The Balaban J connectivity index is 3.81. The van der Waals surface area contributed by atoms with Crippen LogP contribution in [0.1, 0.15) is 25.7 Å². The molecule has 0 aliphatic carbocycles. The van der Waals surface area contributed by atoms with Crippen LogP contribution in [0.3, 0.4) is 0 Å². The van der Waals surface area contributed by atoms with Gasteiger partial charge in [-0.2, -0.15) is 0 Å². The molecule has 0 aromatic carbocycles. The SMILES string of the molecule is CN(CCCCCO)S(=O)(=O)CCCCl. The quantitative estimate of drug-likeness (QED) is 0.496. The number of hydrogen-bond donors (Lipinski definition) is 1. The molecule has 0 aliphatic heterocycles. The lowest BCUT2D eigenvalue weighted by molar-refractivity contribution is 0.281. The number of aliphatic hydroxyl groups excluding tert-OH is 1. The van der Waals surface area contributed by atoms with E-state index in [2.05, 4.69) is 0 Å². The fourth-order valence-electron chi connectivity index (χ4n) is 1.15. The summed E-state index contributed by atoms with van der Waals surface area (Å²) in [7, 11) is -1.54. The fourth-order valence-corrected chi connectivity index (χ4v) is 2.68. The van der Waals surface area contributed by atoms with Gasteiger partial charge in [-0.15, -0.1) is 11.6 Å². The van der Waals surface area contributed by atoms with Gasteiger partial charge < -0.3 is 5.11 Å². The lowest BCUT2D eigenvalue weighted by atomic mass is 10.2. The molecule has 0 unspecified atom stereocenters. The maximum absolute atomic E-state index is 11.6. The van der Waals surface area contributed by atoms with Crippen LogP contribution in [0.4, 0.5) is 0 Å². The van der Waals surface area contributed by atoms with Crippen molar-refractivity contribution in [3.63, 3.8) is 0 Å². The van der Waals surface area contributed by atoms with Crippen molar-refractivity contribution in [3.05, 3.63) is 0 Å². The molecule has 0 aromatic heterocycles. The zero-order valence-electron chi connectivity index (χ0n) is 9.15. The van der Waals surface area contributed by atoms with Gasteiger partial charge in [0.15, 0.2) is 0 Å². The molecule has 0 fully saturated rings. The zero-order valence-corrected chi connectivity index (χ0v) is 10.7. The zero-order chi connectivity index (χ0) is 11.7. The van der Waals surface area contributed by atoms with Crippen LogP contribution in [0.5, 0.6) is 0 Å². The minimum Gasteiger partial charge on any atom is -0.396 e. The minimum atomic E-state index is -3.12. The molecule has 0 atom stereocenters. The van der Waals surface area contributed by atoms with E-state index in [-0.39, 0.29) is 12.4 Å². The van der Waals surface area contributed by atoms with Crippen LogP contribution in [0.15, 0.2) is 0 Å². The first kappa shape index (κ1) is 15.2. The van der Waals surface area contributed by atoms with Crippen molar-refractivity contribution in [3.8, 4) is 0 Å². The van der Waals surface area contributed by atoms with Crippen molar-refractivity contribution in [2.45, 2.75) is 25.7 Å². The van der Waals surface area contributed by atoms with Gasteiger partial charge in [0.05, 0.1) is 5.75 Å². The molecule has 0 saturated heterocycles. The Bertz CT molecular complexity index is 244. The summed E-state index contributed by atoms with van der Waals surface area (Å²) in [4.78, 5) is 0. The number of alkyl halides is 1. The summed E-state index contributed by atoms with van der Waals surface area (Å²) < 4.78 is 24.5. The van der Waals surface area contributed by atoms with Crippen molar-refractivity contribution >= 4 is 21.6 Å². The molecule has 0 spiro atoms. The number of rotatable bonds is 9. The Hall–Kier alpha value is 0.160. The van der Waals surface area contributed by atoms with Gasteiger partial charge in [0, 0.05) is 26.1 Å². The fraction of sp³-hybridized carbons (Fsp3) is 1.00. The van der Waals surface area contributed by atoms with Gasteiger partial charge in [0.25, 0.3) is 0 Å². The molecule has 0 aromatic rings. The molecular formula is C9H20ClNO3S. The normalized spacial score (nSPS) is 12.3. The predicted molar refractivity (Wildman–Crippen MR) is 62.7 cm³/mol. The van der Waals surface area contributed by atoms with E-state index < -0.39 is 10.0 Å². The van der Waals surface area contributed by atoms with Crippen molar-refractivity contribution < 1.29 is 13.5 Å². The molecule has 92 valence electrons. The van der Waals surface area contributed by atoms with Gasteiger partial charge in [-0.25, -0.2) is 12.7 Å². The van der Waals surface area contributed by atoms with E-state index in [0.29, 0.717) is 18.8 Å². The van der Waals surface area contributed by atoms with Gasteiger partial charge in [-0.05, 0) is 25.7 Å². The number of sulfonamides is 1. The Morgan fingerprint density at radius 3 is 2.40 bits per heavy atom. The van der Waals surface area contributed by atoms with Crippen LogP contribution in [-0.4, -0.2) is 49.7 Å². The molecule has 0 amide bonds. The molecule has 15 heavy (non-hydrogen) atoms. The van der Waals surface area contributed by atoms with Crippen LogP contribution >= 0.6 is 11.6 Å². The largest absolute Gasteiger partial charge is 0.396 e. The topological polar surface area (TPSA) is 57.6 Å². The highest BCUT2D eigenvalue weighted by Crippen LogP contribution is 2.04. The maximum Gasteiger partial charge on any atom is 0.213 e. The first-order chi connectivity index (χ1) is 7.04. The van der Waals surface area contributed by atoms with Gasteiger partial charge in [-0.3, -0.25) is 0 Å². The highest BCUT2D eigenvalue weighted by molar-refractivity contribution is 7.89. The number of hydrogen-bond acceptors (Lipinski definition) is 3. The standard InChI is InChI=1S/C9H20ClNO3S/c1-11(7-3-2-4-8-12)15(13,14)9-5-6-10/h12H,2-9H2,1H3. The molecule has 4 nitrogen and oxygen atoms in total. The number of unbranched alkanes of at least 4 members (excludes halogenated alkanes) is 2. The molecule has 0 rings (SSSR count). The van der Waals surface area contributed by atoms with Crippen molar-refractivity contribution in [1.82, 2.24) is 4.31 Å². The van der Waals surface area contributed by atoms with Gasteiger partial charge in [0.2, 0.25) is 10.0 Å². The lowest BCUT2D eigenvalue weighted by Gasteiger charge is -2.16. The van der Waals surface area contributed by atoms with Crippen LogP contribution < -0.4 is 0 Å². The van der Waals surface area contributed by atoms with E-state index in [0.717, 1.165) is 19.3 Å². The molecule has 6 heteroatoms. The summed E-state index contributed by atoms with van der Waals surface area (Å²) in [6.45, 7) is 0.688. The van der Waals surface area contributed by atoms with Crippen LogP contribution in [-0.2, 0) is 10.0 Å². The van der Waals surface area contributed by atoms with Gasteiger partial charge in [-0.1, -0.05) is 0 Å². The smallest absolute Gasteiger partial charge is 0.213 e. The summed E-state index contributed by atoms with van der Waals surface area (Å²) in [6.07, 6.45) is 2.86. The summed E-state index contributed by atoms with van der Waals surface area (Å²) in [5.41, 5.74) is 0. The molecule has 0 heterocycles. The first-order valence-electron chi connectivity index (χ1n) is 5.15. The molecule has 0 saturated carbocycles. The van der Waals surface area contributed by atoms with E-state index in [1.807, 2.05) is 0 Å². The minimum absolute atomic E-state index is 0.118. The second kappa shape index (κ2) is 8.33. The van der Waals surface area contributed by atoms with Crippen molar-refractivity contribution in [2.24, 2.45) is 0 Å². The van der Waals surface area contributed by atoms with E-state index >= 15 is 0 Å². The molecular weight excluding hydrogens is 238 g/mol. The number of halogens is 1. The first-order valence-corrected chi connectivity index (χ1v) is 7.30. The second-order valence-electron chi connectivity index (χ2n) is 3.46. The Morgan fingerprint density at radius 1 is 1.20 bits per heavy atom.